The highest BCUT2D eigenvalue weighted by atomic mass is 16.2. The van der Waals surface area contributed by atoms with Gasteiger partial charge in [0.1, 0.15) is 0 Å². The Kier molecular flexibility index (Phi) is 4.57. The second-order valence-corrected chi connectivity index (χ2v) is 6.16. The van der Waals surface area contributed by atoms with Crippen LogP contribution >= 0.6 is 0 Å². The number of carbonyl (C=O) groups excluding carboxylic acids is 1. The zero-order chi connectivity index (χ0) is 18.0. The maximum absolute atomic E-state index is 12.2. The molecule has 1 aromatic carbocycles. The average molecular weight is 334 g/mol. The van der Waals surface area contributed by atoms with Crippen LogP contribution < -0.4 is 5.43 Å². The van der Waals surface area contributed by atoms with E-state index >= 15 is 0 Å². The van der Waals surface area contributed by atoms with E-state index in [1.165, 1.54) is 0 Å². The molecule has 5 nitrogen and oxygen atoms in total. The number of carbonyl (C=O) groups is 1. The Labute approximate surface area is 147 Å². The lowest BCUT2D eigenvalue weighted by atomic mass is 10.2. The standard InChI is InChI=1S/C20H22N4O/c1-14-7-10-19(23(14)4)13-21-22-20(25)17-8-11-18(12-9-17)24-15(2)5-6-16(24)3/h5-13H,1-4H3,(H,22,25)/b21-13+. The minimum absolute atomic E-state index is 0.227. The number of hydrazone groups is 1. The Morgan fingerprint density at radius 2 is 1.52 bits per heavy atom. The van der Waals surface area contributed by atoms with Crippen molar-refractivity contribution in [1.29, 1.82) is 0 Å². The highest BCUT2D eigenvalue weighted by molar-refractivity contribution is 5.95. The fourth-order valence-corrected chi connectivity index (χ4v) is 2.82. The normalized spacial score (nSPS) is 11.2. The molecule has 0 fully saturated rings. The summed E-state index contributed by atoms with van der Waals surface area (Å²) in [6, 6.07) is 15.6. The second-order valence-electron chi connectivity index (χ2n) is 6.16. The highest BCUT2D eigenvalue weighted by Gasteiger charge is 2.07. The van der Waals surface area contributed by atoms with Gasteiger partial charge in [-0.2, -0.15) is 5.10 Å². The maximum atomic E-state index is 12.2. The van der Waals surface area contributed by atoms with Crippen LogP contribution in [0.25, 0.3) is 5.69 Å². The van der Waals surface area contributed by atoms with Crippen LogP contribution in [0.15, 0.2) is 53.6 Å². The summed E-state index contributed by atoms with van der Waals surface area (Å²) < 4.78 is 4.16. The molecule has 0 aliphatic rings. The zero-order valence-corrected chi connectivity index (χ0v) is 14.9. The van der Waals surface area contributed by atoms with E-state index < -0.39 is 0 Å². The van der Waals surface area contributed by atoms with E-state index in [1.54, 1.807) is 6.21 Å². The number of hydrogen-bond donors (Lipinski definition) is 1. The third-order valence-corrected chi connectivity index (χ3v) is 4.43. The van der Waals surface area contributed by atoms with Crippen molar-refractivity contribution in [3.05, 3.63) is 76.9 Å². The lowest BCUT2D eigenvalue weighted by Gasteiger charge is -2.10. The molecule has 1 amide bonds. The number of aryl methyl sites for hydroxylation is 3. The van der Waals surface area contributed by atoms with Gasteiger partial charge < -0.3 is 9.13 Å². The Bertz CT molecular complexity index is 910. The van der Waals surface area contributed by atoms with E-state index in [4.69, 9.17) is 0 Å². The lowest BCUT2D eigenvalue weighted by molar-refractivity contribution is 0.0955. The number of hydrogen-bond acceptors (Lipinski definition) is 2. The average Bonchev–Trinajstić information content (AvgIpc) is 3.11. The first-order valence-corrected chi connectivity index (χ1v) is 8.18. The van der Waals surface area contributed by atoms with E-state index in [2.05, 4.69) is 41.1 Å². The van der Waals surface area contributed by atoms with Crippen LogP contribution in [0.3, 0.4) is 0 Å². The largest absolute Gasteiger partial charge is 0.347 e. The summed E-state index contributed by atoms with van der Waals surface area (Å²) in [5, 5.41) is 4.04. The number of aromatic nitrogens is 2. The van der Waals surface area contributed by atoms with E-state index in [0.717, 1.165) is 28.5 Å². The van der Waals surface area contributed by atoms with Gasteiger partial charge in [0.15, 0.2) is 0 Å². The lowest BCUT2D eigenvalue weighted by Crippen LogP contribution is -2.18. The minimum atomic E-state index is -0.227. The molecule has 0 saturated carbocycles. The predicted octanol–water partition coefficient (Wildman–Crippen LogP) is 3.50. The first kappa shape index (κ1) is 16.8. The molecular formula is C20H22N4O. The molecule has 2 heterocycles. The summed E-state index contributed by atoms with van der Waals surface area (Å²) in [6.07, 6.45) is 1.64. The Morgan fingerprint density at radius 1 is 0.920 bits per heavy atom. The Hall–Kier alpha value is -3.08. The maximum Gasteiger partial charge on any atom is 0.271 e. The van der Waals surface area contributed by atoms with E-state index in [-0.39, 0.29) is 5.91 Å². The summed E-state index contributed by atoms with van der Waals surface area (Å²) in [5.74, 6) is -0.227. The van der Waals surface area contributed by atoms with Crippen LogP contribution in [-0.4, -0.2) is 21.3 Å². The number of rotatable bonds is 4. The van der Waals surface area contributed by atoms with Gasteiger partial charge in [-0.15, -0.1) is 0 Å². The third kappa shape index (κ3) is 3.40. The third-order valence-electron chi connectivity index (χ3n) is 4.43. The van der Waals surface area contributed by atoms with Crippen molar-refractivity contribution in [3.8, 4) is 5.69 Å². The predicted molar refractivity (Wildman–Crippen MR) is 100 cm³/mol. The van der Waals surface area contributed by atoms with Crippen molar-refractivity contribution in [2.24, 2.45) is 12.1 Å². The van der Waals surface area contributed by atoms with E-state index in [9.17, 15) is 4.79 Å². The molecule has 0 saturated heterocycles. The number of amides is 1. The van der Waals surface area contributed by atoms with Crippen LogP contribution in [0.5, 0.6) is 0 Å². The van der Waals surface area contributed by atoms with E-state index in [0.29, 0.717) is 5.56 Å². The van der Waals surface area contributed by atoms with Gasteiger partial charge in [-0.1, -0.05) is 0 Å². The van der Waals surface area contributed by atoms with Crippen molar-refractivity contribution in [3.63, 3.8) is 0 Å². The monoisotopic (exact) mass is 334 g/mol. The van der Waals surface area contributed by atoms with E-state index in [1.807, 2.05) is 54.9 Å². The molecule has 25 heavy (non-hydrogen) atoms. The molecule has 0 spiro atoms. The second kappa shape index (κ2) is 6.81. The number of benzene rings is 1. The van der Waals surface area contributed by atoms with Crippen LogP contribution in [0.1, 0.15) is 33.1 Å². The summed E-state index contributed by atoms with van der Waals surface area (Å²) in [4.78, 5) is 12.2. The zero-order valence-electron chi connectivity index (χ0n) is 14.9. The Morgan fingerprint density at radius 3 is 2.08 bits per heavy atom. The molecule has 5 heteroatoms. The molecule has 0 atom stereocenters. The first-order chi connectivity index (χ1) is 12.0. The quantitative estimate of drug-likeness (QED) is 0.576. The molecular weight excluding hydrogens is 312 g/mol. The van der Waals surface area contributed by atoms with Gasteiger partial charge in [0.05, 0.1) is 11.9 Å². The number of nitrogens with one attached hydrogen (secondary N) is 1. The molecule has 0 aliphatic heterocycles. The van der Waals surface area contributed by atoms with Crippen molar-refractivity contribution in [1.82, 2.24) is 14.6 Å². The van der Waals surface area contributed by atoms with Gasteiger partial charge in [-0.3, -0.25) is 4.79 Å². The van der Waals surface area contributed by atoms with Crippen LogP contribution in [0.2, 0.25) is 0 Å². The molecule has 3 aromatic rings. The Balaban J connectivity index is 1.70. The van der Waals surface area contributed by atoms with Crippen LogP contribution in [-0.2, 0) is 7.05 Å². The molecule has 0 unspecified atom stereocenters. The van der Waals surface area contributed by atoms with Crippen LogP contribution in [0, 0.1) is 20.8 Å². The molecule has 128 valence electrons. The smallest absolute Gasteiger partial charge is 0.271 e. The fourth-order valence-electron chi connectivity index (χ4n) is 2.82. The fraction of sp³-hybridized carbons (Fsp3) is 0.200. The molecule has 0 bridgehead atoms. The summed E-state index contributed by atoms with van der Waals surface area (Å²) in [7, 11) is 1.96. The summed E-state index contributed by atoms with van der Waals surface area (Å²) in [6.45, 7) is 6.15. The van der Waals surface area contributed by atoms with Gasteiger partial charge >= 0.3 is 0 Å². The van der Waals surface area contributed by atoms with Gasteiger partial charge in [-0.25, -0.2) is 5.43 Å². The molecule has 2 aromatic heterocycles. The topological polar surface area (TPSA) is 51.3 Å². The van der Waals surface area contributed by atoms with Crippen molar-refractivity contribution in [2.75, 3.05) is 0 Å². The first-order valence-electron chi connectivity index (χ1n) is 8.18. The molecule has 0 radical (unpaired) electrons. The van der Waals surface area contributed by atoms with Gasteiger partial charge in [0, 0.05) is 35.4 Å². The van der Waals surface area contributed by atoms with Crippen LogP contribution in [0.4, 0.5) is 0 Å². The molecule has 3 rings (SSSR count). The summed E-state index contributed by atoms with van der Waals surface area (Å²) >= 11 is 0. The molecule has 1 N–H and O–H groups in total. The van der Waals surface area contributed by atoms with Crippen molar-refractivity contribution < 1.29 is 4.79 Å². The summed E-state index contributed by atoms with van der Waals surface area (Å²) in [5.41, 5.74) is 8.59. The molecule has 0 aliphatic carbocycles. The highest BCUT2D eigenvalue weighted by Crippen LogP contribution is 2.16. The van der Waals surface area contributed by atoms with Gasteiger partial charge in [0.2, 0.25) is 0 Å². The van der Waals surface area contributed by atoms with Crippen molar-refractivity contribution in [2.45, 2.75) is 20.8 Å². The van der Waals surface area contributed by atoms with Crippen molar-refractivity contribution >= 4 is 12.1 Å². The minimum Gasteiger partial charge on any atom is -0.347 e. The SMILES string of the molecule is Cc1ccc(/C=N/NC(=O)c2ccc(-n3c(C)ccc3C)cc2)n1C. The van der Waals surface area contributed by atoms with Gasteiger partial charge in [-0.05, 0) is 69.3 Å². The number of nitrogens with zero attached hydrogens (tertiary/aromatic N) is 3. The van der Waals surface area contributed by atoms with Gasteiger partial charge in [0.25, 0.3) is 5.91 Å².